The normalized spacial score (nSPS) is 32.1. The number of benzene rings is 1. The van der Waals surface area contributed by atoms with E-state index in [0.717, 1.165) is 0 Å². The summed E-state index contributed by atoms with van der Waals surface area (Å²) in [5.41, 5.74) is 8.84. The molecule has 0 aliphatic heterocycles. The molecular weight excluding hydrogens is 170 g/mol. The lowest BCUT2D eigenvalue weighted by atomic mass is 9.89. The van der Waals surface area contributed by atoms with Gasteiger partial charge in [-0.05, 0) is 37.2 Å². The van der Waals surface area contributed by atoms with Crippen LogP contribution in [0.15, 0.2) is 24.3 Å². The van der Waals surface area contributed by atoms with Crippen molar-refractivity contribution >= 4 is 0 Å². The summed E-state index contributed by atoms with van der Waals surface area (Å²) in [6.45, 7) is 4.41. The zero-order valence-electron chi connectivity index (χ0n) is 9.03. The van der Waals surface area contributed by atoms with Crippen LogP contribution in [0.5, 0.6) is 0 Å². The summed E-state index contributed by atoms with van der Waals surface area (Å²) in [6, 6.07) is 9.32. The van der Waals surface area contributed by atoms with E-state index in [9.17, 15) is 0 Å². The Hall–Kier alpha value is -0.820. The maximum absolute atomic E-state index is 6.04. The van der Waals surface area contributed by atoms with Crippen molar-refractivity contribution in [1.82, 2.24) is 0 Å². The van der Waals surface area contributed by atoms with Gasteiger partial charge in [0.25, 0.3) is 0 Å². The Morgan fingerprint density at radius 3 is 2.29 bits per heavy atom. The largest absolute Gasteiger partial charge is 0.327 e. The second-order valence-electron chi connectivity index (χ2n) is 4.62. The van der Waals surface area contributed by atoms with Gasteiger partial charge in [0.05, 0.1) is 0 Å². The molecule has 0 heterocycles. The van der Waals surface area contributed by atoms with Crippen LogP contribution < -0.4 is 5.73 Å². The van der Waals surface area contributed by atoms with Crippen molar-refractivity contribution < 1.29 is 0 Å². The quantitative estimate of drug-likeness (QED) is 0.722. The van der Waals surface area contributed by atoms with Crippen molar-refractivity contribution in [2.75, 3.05) is 0 Å². The fourth-order valence-corrected chi connectivity index (χ4v) is 2.48. The van der Waals surface area contributed by atoms with E-state index >= 15 is 0 Å². The standard InChI is InChI=1S/C13H19N/c1-9-3-5-11(6-4-9)12-7-8-13(14)10(12)2/h3-6,10,12-13H,7-8,14H2,1-2H3. The molecule has 3 atom stereocenters. The number of nitrogens with two attached hydrogens (primary N) is 1. The van der Waals surface area contributed by atoms with Crippen molar-refractivity contribution in [3.05, 3.63) is 35.4 Å². The molecule has 0 saturated heterocycles. The van der Waals surface area contributed by atoms with Gasteiger partial charge in [-0.15, -0.1) is 0 Å². The molecule has 3 unspecified atom stereocenters. The second-order valence-corrected chi connectivity index (χ2v) is 4.62. The number of aryl methyl sites for hydroxylation is 1. The van der Waals surface area contributed by atoms with E-state index in [1.54, 1.807) is 0 Å². The Kier molecular flexibility index (Phi) is 2.60. The molecule has 14 heavy (non-hydrogen) atoms. The Balaban J connectivity index is 2.19. The molecule has 1 aliphatic rings. The van der Waals surface area contributed by atoms with E-state index in [0.29, 0.717) is 17.9 Å². The Morgan fingerprint density at radius 2 is 1.79 bits per heavy atom. The molecule has 1 aliphatic carbocycles. The van der Waals surface area contributed by atoms with E-state index in [1.807, 2.05) is 0 Å². The van der Waals surface area contributed by atoms with Gasteiger partial charge in [-0.1, -0.05) is 36.8 Å². The molecule has 1 aromatic carbocycles. The van der Waals surface area contributed by atoms with Gasteiger partial charge >= 0.3 is 0 Å². The van der Waals surface area contributed by atoms with Gasteiger partial charge in [-0.2, -0.15) is 0 Å². The van der Waals surface area contributed by atoms with Gasteiger partial charge in [0.1, 0.15) is 0 Å². The van der Waals surface area contributed by atoms with Crippen LogP contribution >= 0.6 is 0 Å². The number of hydrogen-bond acceptors (Lipinski definition) is 1. The Morgan fingerprint density at radius 1 is 1.14 bits per heavy atom. The molecule has 2 rings (SSSR count). The van der Waals surface area contributed by atoms with Crippen molar-refractivity contribution in [2.45, 2.75) is 38.6 Å². The van der Waals surface area contributed by atoms with Gasteiger partial charge in [0, 0.05) is 6.04 Å². The van der Waals surface area contributed by atoms with E-state index in [4.69, 9.17) is 5.73 Å². The van der Waals surface area contributed by atoms with Crippen LogP contribution in [-0.2, 0) is 0 Å². The highest BCUT2D eigenvalue weighted by Gasteiger charge is 2.30. The van der Waals surface area contributed by atoms with Gasteiger partial charge in [0.15, 0.2) is 0 Å². The first-order chi connectivity index (χ1) is 6.68. The number of rotatable bonds is 1. The SMILES string of the molecule is Cc1ccc(C2CCC(N)C2C)cc1. The first-order valence-electron chi connectivity index (χ1n) is 5.50. The molecule has 1 fully saturated rings. The topological polar surface area (TPSA) is 26.0 Å². The summed E-state index contributed by atoms with van der Waals surface area (Å²) in [5, 5.41) is 0. The molecule has 1 aromatic rings. The first kappa shape index (κ1) is 9.72. The van der Waals surface area contributed by atoms with E-state index in [-0.39, 0.29) is 0 Å². The average Bonchev–Trinajstić information content (AvgIpc) is 2.50. The average molecular weight is 189 g/mol. The van der Waals surface area contributed by atoms with E-state index < -0.39 is 0 Å². The molecule has 2 N–H and O–H groups in total. The number of hydrogen-bond donors (Lipinski definition) is 1. The van der Waals surface area contributed by atoms with Gasteiger partial charge in [-0.3, -0.25) is 0 Å². The van der Waals surface area contributed by atoms with Crippen LogP contribution in [0.3, 0.4) is 0 Å². The maximum atomic E-state index is 6.04. The van der Waals surface area contributed by atoms with Crippen LogP contribution in [0.25, 0.3) is 0 Å². The van der Waals surface area contributed by atoms with Crippen molar-refractivity contribution in [1.29, 1.82) is 0 Å². The van der Waals surface area contributed by atoms with Gasteiger partial charge in [-0.25, -0.2) is 0 Å². The third-order valence-electron chi connectivity index (χ3n) is 3.63. The zero-order valence-corrected chi connectivity index (χ0v) is 9.03. The highest BCUT2D eigenvalue weighted by atomic mass is 14.7. The predicted octanol–water partition coefficient (Wildman–Crippen LogP) is 2.84. The maximum Gasteiger partial charge on any atom is 0.00705 e. The van der Waals surface area contributed by atoms with Crippen molar-refractivity contribution in [2.24, 2.45) is 11.7 Å². The molecule has 76 valence electrons. The summed E-state index contributed by atoms with van der Waals surface area (Å²) < 4.78 is 0. The molecular formula is C13H19N. The van der Waals surface area contributed by atoms with E-state index in [2.05, 4.69) is 38.1 Å². The summed E-state index contributed by atoms with van der Waals surface area (Å²) in [6.07, 6.45) is 2.44. The predicted molar refractivity (Wildman–Crippen MR) is 60.3 cm³/mol. The smallest absolute Gasteiger partial charge is 0.00705 e. The first-order valence-corrected chi connectivity index (χ1v) is 5.50. The van der Waals surface area contributed by atoms with Crippen LogP contribution in [0.4, 0.5) is 0 Å². The molecule has 1 nitrogen and oxygen atoms in total. The Labute approximate surface area is 86.3 Å². The van der Waals surface area contributed by atoms with Gasteiger partial charge < -0.3 is 5.73 Å². The third-order valence-corrected chi connectivity index (χ3v) is 3.63. The minimum Gasteiger partial charge on any atom is -0.327 e. The summed E-state index contributed by atoms with van der Waals surface area (Å²) in [5.74, 6) is 1.32. The van der Waals surface area contributed by atoms with Crippen LogP contribution in [0, 0.1) is 12.8 Å². The van der Waals surface area contributed by atoms with Gasteiger partial charge in [0.2, 0.25) is 0 Å². The Bertz CT molecular complexity index is 302. The second kappa shape index (κ2) is 3.74. The van der Waals surface area contributed by atoms with Crippen LogP contribution in [-0.4, -0.2) is 6.04 Å². The summed E-state index contributed by atoms with van der Waals surface area (Å²) in [7, 11) is 0. The molecule has 0 spiro atoms. The molecule has 0 aromatic heterocycles. The lowest BCUT2D eigenvalue weighted by Gasteiger charge is -2.18. The third kappa shape index (κ3) is 1.69. The lowest BCUT2D eigenvalue weighted by molar-refractivity contribution is 0.479. The summed E-state index contributed by atoms with van der Waals surface area (Å²) >= 11 is 0. The van der Waals surface area contributed by atoms with Crippen molar-refractivity contribution in [3.8, 4) is 0 Å². The molecule has 1 heteroatoms. The monoisotopic (exact) mass is 189 g/mol. The molecule has 0 radical (unpaired) electrons. The zero-order chi connectivity index (χ0) is 10.1. The molecule has 0 amide bonds. The van der Waals surface area contributed by atoms with Crippen LogP contribution in [0.1, 0.15) is 36.8 Å². The fourth-order valence-electron chi connectivity index (χ4n) is 2.48. The summed E-state index contributed by atoms with van der Waals surface area (Å²) in [4.78, 5) is 0. The lowest BCUT2D eigenvalue weighted by Crippen LogP contribution is -2.24. The minimum absolute atomic E-state index is 0.404. The van der Waals surface area contributed by atoms with Crippen LogP contribution in [0.2, 0.25) is 0 Å². The molecule has 0 bridgehead atoms. The van der Waals surface area contributed by atoms with Crippen molar-refractivity contribution in [3.63, 3.8) is 0 Å². The highest BCUT2D eigenvalue weighted by molar-refractivity contribution is 5.26. The minimum atomic E-state index is 0.404. The highest BCUT2D eigenvalue weighted by Crippen LogP contribution is 2.38. The van der Waals surface area contributed by atoms with E-state index in [1.165, 1.54) is 24.0 Å². The fraction of sp³-hybridized carbons (Fsp3) is 0.538. The molecule has 1 saturated carbocycles.